The Labute approximate surface area is 137 Å². The SMILES string of the molecule is COc1ccc(N2C(=O)CC(NC3CCC(C)CC3)C2=O)cc1. The van der Waals surface area contributed by atoms with Crippen LogP contribution in [0.3, 0.4) is 0 Å². The van der Waals surface area contributed by atoms with Crippen molar-refractivity contribution in [3.8, 4) is 5.75 Å². The maximum atomic E-state index is 12.6. The third-order valence-corrected chi connectivity index (χ3v) is 4.93. The normalized spacial score (nSPS) is 28.3. The molecule has 1 N–H and O–H groups in total. The predicted octanol–water partition coefficient (Wildman–Crippen LogP) is 2.50. The van der Waals surface area contributed by atoms with Crippen molar-refractivity contribution in [3.05, 3.63) is 24.3 Å². The van der Waals surface area contributed by atoms with E-state index in [4.69, 9.17) is 4.74 Å². The molecule has 1 aliphatic heterocycles. The van der Waals surface area contributed by atoms with Gasteiger partial charge in [-0.3, -0.25) is 9.59 Å². The van der Waals surface area contributed by atoms with Crippen molar-refractivity contribution in [2.75, 3.05) is 12.0 Å². The lowest BCUT2D eigenvalue weighted by Crippen LogP contribution is -2.45. The van der Waals surface area contributed by atoms with Gasteiger partial charge in [0.1, 0.15) is 5.75 Å². The molecule has 5 heteroatoms. The van der Waals surface area contributed by atoms with E-state index in [-0.39, 0.29) is 24.3 Å². The number of ether oxygens (including phenoxy) is 1. The van der Waals surface area contributed by atoms with Crippen molar-refractivity contribution >= 4 is 17.5 Å². The summed E-state index contributed by atoms with van der Waals surface area (Å²) in [4.78, 5) is 26.2. The standard InChI is InChI=1S/C18H24N2O3/c1-12-3-5-13(6-4-12)19-16-11-17(21)20(18(16)22)14-7-9-15(23-2)10-8-14/h7-10,12-13,16,19H,3-6,11H2,1-2H3. The maximum Gasteiger partial charge on any atom is 0.251 e. The molecule has 3 rings (SSSR count). The molecule has 0 spiro atoms. The minimum absolute atomic E-state index is 0.137. The first kappa shape index (κ1) is 16.0. The van der Waals surface area contributed by atoms with Crippen molar-refractivity contribution in [2.45, 2.75) is 51.1 Å². The lowest BCUT2D eigenvalue weighted by atomic mass is 9.87. The van der Waals surface area contributed by atoms with Crippen LogP contribution in [0.25, 0.3) is 0 Å². The van der Waals surface area contributed by atoms with Crippen LogP contribution < -0.4 is 15.0 Å². The number of methoxy groups -OCH3 is 1. The van der Waals surface area contributed by atoms with Gasteiger partial charge >= 0.3 is 0 Å². The van der Waals surface area contributed by atoms with Crippen LogP contribution in [-0.2, 0) is 9.59 Å². The lowest BCUT2D eigenvalue weighted by Gasteiger charge is -2.28. The van der Waals surface area contributed by atoms with E-state index < -0.39 is 0 Å². The minimum atomic E-state index is -0.386. The second-order valence-electron chi connectivity index (χ2n) is 6.65. The number of benzene rings is 1. The average molecular weight is 316 g/mol. The van der Waals surface area contributed by atoms with Crippen LogP contribution >= 0.6 is 0 Å². The molecule has 23 heavy (non-hydrogen) atoms. The van der Waals surface area contributed by atoms with E-state index in [1.807, 2.05) is 0 Å². The molecule has 0 bridgehead atoms. The first-order valence-electron chi connectivity index (χ1n) is 8.35. The van der Waals surface area contributed by atoms with Crippen LogP contribution in [0.15, 0.2) is 24.3 Å². The summed E-state index contributed by atoms with van der Waals surface area (Å²) in [7, 11) is 1.59. The molecule has 1 atom stereocenters. The average Bonchev–Trinajstić information content (AvgIpc) is 2.84. The number of amides is 2. The molecule has 1 heterocycles. The highest BCUT2D eigenvalue weighted by Gasteiger charge is 2.40. The van der Waals surface area contributed by atoms with E-state index in [0.717, 1.165) is 18.8 Å². The van der Waals surface area contributed by atoms with E-state index in [2.05, 4.69) is 12.2 Å². The first-order chi connectivity index (χ1) is 11.1. The summed E-state index contributed by atoms with van der Waals surface area (Å²) in [6.07, 6.45) is 4.80. The fourth-order valence-electron chi connectivity index (χ4n) is 3.48. The number of anilines is 1. The van der Waals surface area contributed by atoms with Crippen molar-refractivity contribution in [1.29, 1.82) is 0 Å². The molecule has 1 unspecified atom stereocenters. The molecule has 0 aromatic heterocycles. The second kappa shape index (κ2) is 6.71. The topological polar surface area (TPSA) is 58.6 Å². The van der Waals surface area contributed by atoms with E-state index in [0.29, 0.717) is 17.5 Å². The van der Waals surface area contributed by atoms with Gasteiger partial charge in [-0.1, -0.05) is 6.92 Å². The summed E-state index contributed by atoms with van der Waals surface area (Å²) < 4.78 is 5.12. The highest BCUT2D eigenvalue weighted by Crippen LogP contribution is 2.28. The number of carbonyl (C=O) groups is 2. The van der Waals surface area contributed by atoms with Crippen molar-refractivity contribution in [3.63, 3.8) is 0 Å². The number of imide groups is 1. The van der Waals surface area contributed by atoms with Gasteiger partial charge in [0, 0.05) is 6.04 Å². The third kappa shape index (κ3) is 3.39. The van der Waals surface area contributed by atoms with Gasteiger partial charge in [-0.2, -0.15) is 0 Å². The fourth-order valence-corrected chi connectivity index (χ4v) is 3.48. The summed E-state index contributed by atoms with van der Waals surface area (Å²) in [5.41, 5.74) is 0.613. The Morgan fingerprint density at radius 3 is 2.35 bits per heavy atom. The number of hydrogen-bond donors (Lipinski definition) is 1. The third-order valence-electron chi connectivity index (χ3n) is 4.93. The van der Waals surface area contributed by atoms with Gasteiger partial charge in [-0.25, -0.2) is 4.90 Å². The van der Waals surface area contributed by atoms with Crippen molar-refractivity contribution in [2.24, 2.45) is 5.92 Å². The smallest absolute Gasteiger partial charge is 0.251 e. The Hall–Kier alpha value is -1.88. The van der Waals surface area contributed by atoms with E-state index in [1.165, 1.54) is 17.7 Å². The van der Waals surface area contributed by atoms with Crippen LogP contribution in [0.5, 0.6) is 5.75 Å². The molecule has 1 aromatic carbocycles. The molecule has 2 fully saturated rings. The minimum Gasteiger partial charge on any atom is -0.497 e. The van der Waals surface area contributed by atoms with Crippen molar-refractivity contribution in [1.82, 2.24) is 5.32 Å². The Bertz CT molecular complexity index is 576. The van der Waals surface area contributed by atoms with Crippen LogP contribution in [0, 0.1) is 5.92 Å². The molecule has 5 nitrogen and oxygen atoms in total. The molecule has 124 valence electrons. The number of hydrogen-bond acceptors (Lipinski definition) is 4. The van der Waals surface area contributed by atoms with Crippen LogP contribution in [0.2, 0.25) is 0 Å². The summed E-state index contributed by atoms with van der Waals surface area (Å²) >= 11 is 0. The zero-order valence-corrected chi connectivity index (χ0v) is 13.7. The zero-order valence-electron chi connectivity index (χ0n) is 13.7. The molecule has 2 aliphatic rings. The highest BCUT2D eigenvalue weighted by molar-refractivity contribution is 6.22. The van der Waals surface area contributed by atoms with E-state index >= 15 is 0 Å². The summed E-state index contributed by atoms with van der Waals surface area (Å²) in [6, 6.07) is 6.99. The van der Waals surface area contributed by atoms with Crippen LogP contribution in [0.4, 0.5) is 5.69 Å². The summed E-state index contributed by atoms with van der Waals surface area (Å²) in [5, 5.41) is 3.40. The largest absolute Gasteiger partial charge is 0.497 e. The van der Waals surface area contributed by atoms with Gasteiger partial charge in [-0.15, -0.1) is 0 Å². The van der Waals surface area contributed by atoms with Gasteiger partial charge in [0.25, 0.3) is 5.91 Å². The lowest BCUT2D eigenvalue weighted by molar-refractivity contribution is -0.121. The fraction of sp³-hybridized carbons (Fsp3) is 0.556. The Kier molecular flexibility index (Phi) is 4.66. The van der Waals surface area contributed by atoms with E-state index in [9.17, 15) is 9.59 Å². The molecule has 0 radical (unpaired) electrons. The van der Waals surface area contributed by atoms with Gasteiger partial charge in [0.2, 0.25) is 5.91 Å². The Balaban J connectivity index is 1.67. The number of rotatable bonds is 4. The van der Waals surface area contributed by atoms with E-state index in [1.54, 1.807) is 31.4 Å². The quantitative estimate of drug-likeness (QED) is 0.867. The second-order valence-corrected chi connectivity index (χ2v) is 6.65. The van der Waals surface area contributed by atoms with Gasteiger partial charge in [-0.05, 0) is 55.9 Å². The van der Waals surface area contributed by atoms with Crippen LogP contribution in [-0.4, -0.2) is 31.0 Å². The van der Waals surface area contributed by atoms with Crippen molar-refractivity contribution < 1.29 is 14.3 Å². The van der Waals surface area contributed by atoms with Gasteiger partial charge in [0.15, 0.2) is 0 Å². The number of nitrogens with one attached hydrogen (secondary N) is 1. The van der Waals surface area contributed by atoms with Crippen LogP contribution in [0.1, 0.15) is 39.0 Å². The molecular weight excluding hydrogens is 292 g/mol. The first-order valence-corrected chi connectivity index (χ1v) is 8.35. The molecule has 1 saturated carbocycles. The van der Waals surface area contributed by atoms with Gasteiger partial charge in [0.05, 0.1) is 25.3 Å². The maximum absolute atomic E-state index is 12.6. The number of nitrogens with zero attached hydrogens (tertiary/aromatic N) is 1. The summed E-state index contributed by atoms with van der Waals surface area (Å²) in [6.45, 7) is 2.27. The number of carbonyl (C=O) groups excluding carboxylic acids is 2. The van der Waals surface area contributed by atoms with Gasteiger partial charge < -0.3 is 10.1 Å². The molecule has 2 amide bonds. The zero-order chi connectivity index (χ0) is 16.4. The molecule has 1 saturated heterocycles. The Morgan fingerprint density at radius 1 is 1.09 bits per heavy atom. The molecule has 1 aliphatic carbocycles. The molecule has 1 aromatic rings. The molecular formula is C18H24N2O3. The monoisotopic (exact) mass is 316 g/mol. The highest BCUT2D eigenvalue weighted by atomic mass is 16.5. The summed E-state index contributed by atoms with van der Waals surface area (Å²) in [5.74, 6) is 1.20. The predicted molar refractivity (Wildman–Crippen MR) is 88.4 cm³/mol. The Morgan fingerprint density at radius 2 is 1.74 bits per heavy atom.